The summed E-state index contributed by atoms with van der Waals surface area (Å²) in [5, 5.41) is 7.12. The molecule has 2 aliphatic rings. The Morgan fingerprint density at radius 3 is 2.12 bits per heavy atom. The highest BCUT2D eigenvalue weighted by Crippen LogP contribution is 2.18. The summed E-state index contributed by atoms with van der Waals surface area (Å²) in [4.78, 5) is 20.5. The average Bonchev–Trinajstić information content (AvgIpc) is 3.05. The maximum absolute atomic E-state index is 11.9. The van der Waals surface area contributed by atoms with E-state index >= 15 is 0 Å². The minimum atomic E-state index is 0.0390. The molecule has 6 heteroatoms. The Kier molecular flexibility index (Phi) is 7.34. The van der Waals surface area contributed by atoms with E-state index in [1.165, 1.54) is 25.7 Å². The first kappa shape index (κ1) is 19.0. The van der Waals surface area contributed by atoms with Crippen molar-refractivity contribution in [1.82, 2.24) is 20.4 Å². The molecule has 1 aliphatic carbocycles. The van der Waals surface area contributed by atoms with E-state index in [2.05, 4.69) is 34.4 Å². The van der Waals surface area contributed by atoms with Crippen LogP contribution in [0.15, 0.2) is 4.99 Å². The van der Waals surface area contributed by atoms with Gasteiger partial charge >= 0.3 is 0 Å². The lowest BCUT2D eigenvalue weighted by molar-refractivity contribution is -0.127. The summed E-state index contributed by atoms with van der Waals surface area (Å²) in [6.07, 6.45) is 7.24. The first-order valence-electron chi connectivity index (χ1n) is 9.47. The normalized spacial score (nSPS) is 21.3. The molecule has 0 spiro atoms. The number of rotatable bonds is 5. The summed E-state index contributed by atoms with van der Waals surface area (Å²) in [7, 11) is 3.55. The highest BCUT2D eigenvalue weighted by atomic mass is 16.2. The maximum Gasteiger partial charge on any atom is 0.243 e. The summed E-state index contributed by atoms with van der Waals surface area (Å²) in [5.41, 5.74) is 0. The predicted octanol–water partition coefficient (Wildman–Crippen LogP) is 1.43. The Balaban J connectivity index is 1.89. The third-order valence-corrected chi connectivity index (χ3v) is 5.17. The van der Waals surface area contributed by atoms with Gasteiger partial charge in [-0.15, -0.1) is 0 Å². The van der Waals surface area contributed by atoms with E-state index in [1.807, 2.05) is 0 Å². The number of nitrogens with one attached hydrogen (secondary N) is 2. The fourth-order valence-electron chi connectivity index (χ4n) is 3.44. The SMILES string of the molecule is CC(C)N1CCC(NC(=NCC(=O)N(C)C)NC2CCCC2)CC1. The van der Waals surface area contributed by atoms with Crippen molar-refractivity contribution in [2.75, 3.05) is 33.7 Å². The topological polar surface area (TPSA) is 60.0 Å². The van der Waals surface area contributed by atoms with Crippen LogP contribution in [0.3, 0.4) is 0 Å². The van der Waals surface area contributed by atoms with Crippen molar-refractivity contribution in [2.45, 2.75) is 70.5 Å². The fraction of sp³-hybridized carbons (Fsp3) is 0.889. The van der Waals surface area contributed by atoms with Crippen LogP contribution in [0.5, 0.6) is 0 Å². The molecule has 1 saturated heterocycles. The van der Waals surface area contributed by atoms with Gasteiger partial charge in [-0.2, -0.15) is 0 Å². The summed E-state index contributed by atoms with van der Waals surface area (Å²) >= 11 is 0. The van der Waals surface area contributed by atoms with Gasteiger partial charge in [0.05, 0.1) is 0 Å². The van der Waals surface area contributed by atoms with Crippen LogP contribution < -0.4 is 10.6 Å². The minimum Gasteiger partial charge on any atom is -0.354 e. The highest BCUT2D eigenvalue weighted by Gasteiger charge is 2.23. The predicted molar refractivity (Wildman–Crippen MR) is 99.3 cm³/mol. The second-order valence-corrected chi connectivity index (χ2v) is 7.63. The summed E-state index contributed by atoms with van der Waals surface area (Å²) in [6.45, 7) is 6.98. The van der Waals surface area contributed by atoms with Crippen LogP contribution in [0.4, 0.5) is 0 Å². The molecule has 2 fully saturated rings. The van der Waals surface area contributed by atoms with E-state index in [0.29, 0.717) is 18.1 Å². The molecular weight excluding hydrogens is 302 g/mol. The van der Waals surface area contributed by atoms with Gasteiger partial charge in [0, 0.05) is 45.3 Å². The quantitative estimate of drug-likeness (QED) is 0.588. The number of guanidine groups is 1. The number of piperidine rings is 1. The molecule has 0 aromatic carbocycles. The molecule has 0 radical (unpaired) electrons. The number of amides is 1. The van der Waals surface area contributed by atoms with Crippen LogP contribution in [0.2, 0.25) is 0 Å². The van der Waals surface area contributed by atoms with Crippen LogP contribution >= 0.6 is 0 Å². The smallest absolute Gasteiger partial charge is 0.243 e. The van der Waals surface area contributed by atoms with E-state index < -0.39 is 0 Å². The molecule has 1 aliphatic heterocycles. The summed E-state index contributed by atoms with van der Waals surface area (Å²) < 4.78 is 0. The van der Waals surface area contributed by atoms with Gasteiger partial charge < -0.3 is 20.4 Å². The molecule has 2 N–H and O–H groups in total. The van der Waals surface area contributed by atoms with Crippen LogP contribution in [0, 0.1) is 0 Å². The van der Waals surface area contributed by atoms with Gasteiger partial charge in [-0.3, -0.25) is 4.79 Å². The lowest BCUT2D eigenvalue weighted by atomic mass is 10.0. The third kappa shape index (κ3) is 5.96. The Bertz CT molecular complexity index is 421. The summed E-state index contributed by atoms with van der Waals surface area (Å²) in [6, 6.07) is 1.57. The Labute approximate surface area is 147 Å². The van der Waals surface area contributed by atoms with Gasteiger partial charge in [0.2, 0.25) is 5.91 Å². The van der Waals surface area contributed by atoms with E-state index in [-0.39, 0.29) is 12.5 Å². The van der Waals surface area contributed by atoms with Crippen molar-refractivity contribution in [3.8, 4) is 0 Å². The van der Waals surface area contributed by atoms with Gasteiger partial charge in [-0.25, -0.2) is 4.99 Å². The van der Waals surface area contributed by atoms with E-state index in [0.717, 1.165) is 31.9 Å². The monoisotopic (exact) mass is 337 g/mol. The largest absolute Gasteiger partial charge is 0.354 e. The number of carbonyl (C=O) groups excluding carboxylic acids is 1. The molecule has 1 heterocycles. The van der Waals surface area contributed by atoms with Gasteiger partial charge in [-0.1, -0.05) is 12.8 Å². The molecule has 0 bridgehead atoms. The molecule has 1 amide bonds. The summed E-state index contributed by atoms with van der Waals surface area (Å²) in [5.74, 6) is 0.859. The van der Waals surface area contributed by atoms with Crippen LogP contribution in [0.25, 0.3) is 0 Å². The Morgan fingerprint density at radius 1 is 1.08 bits per heavy atom. The molecule has 0 atom stereocenters. The average molecular weight is 338 g/mol. The van der Waals surface area contributed by atoms with Gasteiger partial charge in [0.25, 0.3) is 0 Å². The van der Waals surface area contributed by atoms with Crippen LogP contribution in [0.1, 0.15) is 52.4 Å². The van der Waals surface area contributed by atoms with Gasteiger partial charge in [0.1, 0.15) is 6.54 Å². The standard InChI is InChI=1S/C18H35N5O/c1-14(2)23-11-9-16(10-12-23)21-18(19-13-17(24)22(3)4)20-15-7-5-6-8-15/h14-16H,5-13H2,1-4H3,(H2,19,20,21). The van der Waals surface area contributed by atoms with Crippen molar-refractivity contribution in [1.29, 1.82) is 0 Å². The van der Waals surface area contributed by atoms with E-state index in [1.54, 1.807) is 19.0 Å². The molecule has 1 saturated carbocycles. The number of carbonyl (C=O) groups is 1. The molecular formula is C18H35N5O. The minimum absolute atomic E-state index is 0.0390. The number of aliphatic imine (C=N–C) groups is 1. The first-order valence-corrected chi connectivity index (χ1v) is 9.47. The number of likely N-dealkylation sites (N-methyl/N-ethyl adjacent to an activating group) is 1. The fourth-order valence-corrected chi connectivity index (χ4v) is 3.44. The van der Waals surface area contributed by atoms with Gasteiger partial charge in [-0.05, 0) is 39.5 Å². The lowest BCUT2D eigenvalue weighted by Gasteiger charge is -2.35. The first-order chi connectivity index (χ1) is 11.5. The molecule has 138 valence electrons. The molecule has 6 nitrogen and oxygen atoms in total. The van der Waals surface area contributed by atoms with Crippen molar-refractivity contribution in [3.63, 3.8) is 0 Å². The third-order valence-electron chi connectivity index (χ3n) is 5.17. The highest BCUT2D eigenvalue weighted by molar-refractivity contribution is 5.85. The molecule has 24 heavy (non-hydrogen) atoms. The van der Waals surface area contributed by atoms with E-state index in [9.17, 15) is 4.79 Å². The van der Waals surface area contributed by atoms with Crippen molar-refractivity contribution in [2.24, 2.45) is 4.99 Å². The zero-order valence-corrected chi connectivity index (χ0v) is 15.8. The second-order valence-electron chi connectivity index (χ2n) is 7.63. The maximum atomic E-state index is 11.9. The van der Waals surface area contributed by atoms with Crippen molar-refractivity contribution >= 4 is 11.9 Å². The lowest BCUT2D eigenvalue weighted by Crippen LogP contribution is -2.51. The van der Waals surface area contributed by atoms with Crippen molar-refractivity contribution < 1.29 is 4.79 Å². The number of hydrogen-bond donors (Lipinski definition) is 2. The molecule has 2 rings (SSSR count). The Hall–Kier alpha value is -1.30. The second kappa shape index (κ2) is 9.25. The van der Waals surface area contributed by atoms with Gasteiger partial charge in [0.15, 0.2) is 5.96 Å². The number of hydrogen-bond acceptors (Lipinski definition) is 3. The zero-order chi connectivity index (χ0) is 17.5. The zero-order valence-electron chi connectivity index (χ0n) is 15.8. The Morgan fingerprint density at radius 2 is 1.62 bits per heavy atom. The molecule has 0 aromatic rings. The van der Waals surface area contributed by atoms with E-state index in [4.69, 9.17) is 0 Å². The van der Waals surface area contributed by atoms with Crippen LogP contribution in [-0.4, -0.2) is 73.5 Å². The van der Waals surface area contributed by atoms with Crippen LogP contribution in [-0.2, 0) is 4.79 Å². The van der Waals surface area contributed by atoms with Crippen molar-refractivity contribution in [3.05, 3.63) is 0 Å². The molecule has 0 unspecified atom stereocenters. The molecule has 0 aromatic heterocycles. The number of likely N-dealkylation sites (tertiary alicyclic amines) is 1. The number of nitrogens with zero attached hydrogens (tertiary/aromatic N) is 3.